The highest BCUT2D eigenvalue weighted by Gasteiger charge is 2.10. The molecule has 0 spiro atoms. The molecule has 2 heterocycles. The predicted octanol–water partition coefficient (Wildman–Crippen LogP) is 1.10. The van der Waals surface area contributed by atoms with Crippen LogP contribution in [0.4, 0.5) is 0 Å². The molecule has 0 saturated heterocycles. The molecule has 68 valence electrons. The van der Waals surface area contributed by atoms with Crippen molar-refractivity contribution in [3.63, 3.8) is 0 Å². The van der Waals surface area contributed by atoms with E-state index < -0.39 is 0 Å². The second kappa shape index (κ2) is 3.35. The van der Waals surface area contributed by atoms with Crippen LogP contribution >= 0.6 is 34.2 Å². The zero-order chi connectivity index (χ0) is 9.42. The number of halogens is 2. The summed E-state index contributed by atoms with van der Waals surface area (Å²) < 4.78 is 0.784. The molecule has 13 heavy (non-hydrogen) atoms. The first-order chi connectivity index (χ1) is 6.22. The van der Waals surface area contributed by atoms with Crippen molar-refractivity contribution in [2.24, 2.45) is 0 Å². The number of nitrogens with zero attached hydrogens (tertiary/aromatic N) is 3. The lowest BCUT2D eigenvalue weighted by atomic mass is 10.4. The standard InChI is InChI=1S/C6H4ClIN4O/c7-4-2(1-13)9-3-5(8)11-12-6(3)10-4/h13H,1H2,(H,10,11,12). The van der Waals surface area contributed by atoms with Gasteiger partial charge in [0.15, 0.2) is 5.15 Å². The largest absolute Gasteiger partial charge is 0.390 e. The fraction of sp³-hybridized carbons (Fsp3) is 0.167. The molecule has 0 radical (unpaired) electrons. The van der Waals surface area contributed by atoms with Gasteiger partial charge in [0.25, 0.3) is 0 Å². The third kappa shape index (κ3) is 1.49. The maximum Gasteiger partial charge on any atom is 0.202 e. The topological polar surface area (TPSA) is 74.7 Å². The molecule has 0 aliphatic rings. The molecule has 2 aromatic rings. The van der Waals surface area contributed by atoms with Crippen LogP contribution in [0.1, 0.15) is 5.69 Å². The molecule has 0 atom stereocenters. The molecule has 0 aromatic carbocycles. The normalized spacial score (nSPS) is 11.0. The minimum Gasteiger partial charge on any atom is -0.390 e. The Hall–Kier alpha value is -0.470. The van der Waals surface area contributed by atoms with Crippen molar-refractivity contribution in [2.75, 3.05) is 0 Å². The fourth-order valence-corrected chi connectivity index (χ4v) is 1.59. The Kier molecular flexibility index (Phi) is 2.35. The molecule has 7 heteroatoms. The summed E-state index contributed by atoms with van der Waals surface area (Å²) >= 11 is 7.78. The summed E-state index contributed by atoms with van der Waals surface area (Å²) in [4.78, 5) is 8.07. The maximum absolute atomic E-state index is 8.89. The van der Waals surface area contributed by atoms with Crippen molar-refractivity contribution in [1.29, 1.82) is 0 Å². The van der Waals surface area contributed by atoms with E-state index in [1.807, 2.05) is 0 Å². The van der Waals surface area contributed by atoms with Crippen molar-refractivity contribution in [3.8, 4) is 0 Å². The van der Waals surface area contributed by atoms with Gasteiger partial charge in [0, 0.05) is 0 Å². The number of nitrogens with one attached hydrogen (secondary N) is 1. The Morgan fingerprint density at radius 1 is 1.46 bits per heavy atom. The van der Waals surface area contributed by atoms with Gasteiger partial charge in [0.05, 0.1) is 6.61 Å². The molecule has 0 bridgehead atoms. The maximum atomic E-state index is 8.89. The molecule has 2 aromatic heterocycles. The van der Waals surface area contributed by atoms with Gasteiger partial charge in [-0.3, -0.25) is 5.10 Å². The van der Waals surface area contributed by atoms with Gasteiger partial charge >= 0.3 is 0 Å². The third-order valence-electron chi connectivity index (χ3n) is 1.52. The van der Waals surface area contributed by atoms with E-state index >= 15 is 0 Å². The highest BCUT2D eigenvalue weighted by atomic mass is 127. The second-order valence-corrected chi connectivity index (χ2v) is 3.77. The van der Waals surface area contributed by atoms with Gasteiger partial charge in [-0.15, -0.1) is 0 Å². The quantitative estimate of drug-likeness (QED) is 0.774. The van der Waals surface area contributed by atoms with Gasteiger partial charge < -0.3 is 5.11 Å². The van der Waals surface area contributed by atoms with Crippen molar-refractivity contribution in [2.45, 2.75) is 6.61 Å². The van der Waals surface area contributed by atoms with Gasteiger partial charge in [0.2, 0.25) is 5.65 Å². The molecule has 0 aliphatic carbocycles. The average molecular weight is 310 g/mol. The number of hydrogen-bond donors (Lipinski definition) is 2. The van der Waals surface area contributed by atoms with Crippen LogP contribution in [-0.4, -0.2) is 25.3 Å². The molecular formula is C6H4ClIN4O. The zero-order valence-corrected chi connectivity index (χ0v) is 9.17. The third-order valence-corrected chi connectivity index (χ3v) is 2.57. The van der Waals surface area contributed by atoms with Crippen LogP contribution in [0, 0.1) is 3.70 Å². The Labute approximate surface area is 91.7 Å². The smallest absolute Gasteiger partial charge is 0.202 e. The van der Waals surface area contributed by atoms with E-state index in [1.54, 1.807) is 0 Å². The van der Waals surface area contributed by atoms with Gasteiger partial charge in [0.1, 0.15) is 14.9 Å². The fourth-order valence-electron chi connectivity index (χ4n) is 0.922. The Morgan fingerprint density at radius 2 is 2.23 bits per heavy atom. The Balaban J connectivity index is 2.77. The first-order valence-corrected chi connectivity index (χ1v) is 4.85. The summed E-state index contributed by atoms with van der Waals surface area (Å²) in [5, 5.41) is 15.7. The second-order valence-electron chi connectivity index (χ2n) is 2.33. The van der Waals surface area contributed by atoms with Crippen LogP contribution in [-0.2, 0) is 6.61 Å². The number of aromatic amines is 1. The highest BCUT2D eigenvalue weighted by Crippen LogP contribution is 2.18. The van der Waals surface area contributed by atoms with Crippen LogP contribution < -0.4 is 0 Å². The van der Waals surface area contributed by atoms with Crippen molar-refractivity contribution < 1.29 is 5.11 Å². The number of fused-ring (bicyclic) bond motifs is 1. The van der Waals surface area contributed by atoms with Gasteiger partial charge in [-0.2, -0.15) is 5.10 Å². The molecule has 0 amide bonds. The minimum atomic E-state index is -0.219. The van der Waals surface area contributed by atoms with Crippen LogP contribution in [0.5, 0.6) is 0 Å². The van der Waals surface area contributed by atoms with Crippen molar-refractivity contribution in [3.05, 3.63) is 14.5 Å². The minimum absolute atomic E-state index is 0.193. The molecular weight excluding hydrogens is 306 g/mol. The zero-order valence-electron chi connectivity index (χ0n) is 6.25. The Morgan fingerprint density at radius 3 is 2.92 bits per heavy atom. The van der Waals surface area contributed by atoms with E-state index in [1.165, 1.54) is 0 Å². The number of hydrogen-bond acceptors (Lipinski definition) is 4. The number of H-pyrrole nitrogens is 1. The summed E-state index contributed by atoms with van der Waals surface area (Å²) in [6, 6.07) is 0. The Bertz CT molecular complexity index is 457. The van der Waals surface area contributed by atoms with E-state index in [4.69, 9.17) is 16.7 Å². The summed E-state index contributed by atoms with van der Waals surface area (Å²) in [7, 11) is 0. The summed E-state index contributed by atoms with van der Waals surface area (Å²) in [5.41, 5.74) is 1.47. The summed E-state index contributed by atoms with van der Waals surface area (Å²) in [6.45, 7) is -0.219. The number of aliphatic hydroxyl groups excluding tert-OH is 1. The molecule has 0 saturated carbocycles. The summed E-state index contributed by atoms with van der Waals surface area (Å²) in [5.74, 6) is 0. The monoisotopic (exact) mass is 310 g/mol. The molecule has 2 N–H and O–H groups in total. The van der Waals surface area contributed by atoms with E-state index in [0.717, 1.165) is 3.70 Å². The SMILES string of the molecule is OCc1nc2c(I)[nH]nc2nc1Cl. The van der Waals surface area contributed by atoms with Crippen LogP contribution in [0.2, 0.25) is 5.15 Å². The van der Waals surface area contributed by atoms with Crippen LogP contribution in [0.15, 0.2) is 0 Å². The lowest BCUT2D eigenvalue weighted by molar-refractivity contribution is 0.277. The average Bonchev–Trinajstić information content (AvgIpc) is 2.46. The van der Waals surface area contributed by atoms with Gasteiger partial charge in [-0.25, -0.2) is 9.97 Å². The number of aromatic nitrogens is 4. The lowest BCUT2D eigenvalue weighted by Gasteiger charge is -1.97. The van der Waals surface area contributed by atoms with E-state index in [-0.39, 0.29) is 11.8 Å². The number of aliphatic hydroxyl groups is 1. The van der Waals surface area contributed by atoms with Crippen LogP contribution in [0.25, 0.3) is 11.2 Å². The van der Waals surface area contributed by atoms with Crippen LogP contribution in [0.3, 0.4) is 0 Å². The molecule has 0 unspecified atom stereocenters. The summed E-state index contributed by atoms with van der Waals surface area (Å²) in [6.07, 6.45) is 0. The van der Waals surface area contributed by atoms with E-state index in [0.29, 0.717) is 16.9 Å². The van der Waals surface area contributed by atoms with E-state index in [2.05, 4.69) is 42.8 Å². The first-order valence-electron chi connectivity index (χ1n) is 3.39. The molecule has 0 fully saturated rings. The van der Waals surface area contributed by atoms with E-state index in [9.17, 15) is 0 Å². The van der Waals surface area contributed by atoms with Gasteiger partial charge in [-0.1, -0.05) is 11.6 Å². The predicted molar refractivity (Wildman–Crippen MR) is 55.3 cm³/mol. The molecule has 5 nitrogen and oxygen atoms in total. The highest BCUT2D eigenvalue weighted by molar-refractivity contribution is 14.1. The lowest BCUT2D eigenvalue weighted by Crippen LogP contribution is -1.94. The van der Waals surface area contributed by atoms with Crippen molar-refractivity contribution >= 4 is 45.4 Å². The first kappa shape index (κ1) is 9.10. The molecule has 2 rings (SSSR count). The molecule has 0 aliphatic heterocycles. The van der Waals surface area contributed by atoms with Crippen molar-refractivity contribution in [1.82, 2.24) is 20.2 Å². The van der Waals surface area contributed by atoms with Gasteiger partial charge in [-0.05, 0) is 22.6 Å². The number of rotatable bonds is 1.